The van der Waals surface area contributed by atoms with Gasteiger partial charge in [-0.3, -0.25) is 0 Å². The highest BCUT2D eigenvalue weighted by atomic mass is 32.2. The van der Waals surface area contributed by atoms with Gasteiger partial charge in [0.1, 0.15) is 5.82 Å². The van der Waals surface area contributed by atoms with Gasteiger partial charge in [0.15, 0.2) is 0 Å². The predicted octanol–water partition coefficient (Wildman–Crippen LogP) is 2.06. The maximum atomic E-state index is 13.7. The smallest absolute Gasteiger partial charge is 0.240 e. The lowest BCUT2D eigenvalue weighted by Gasteiger charge is -1.99. The number of aromatic nitrogens is 2. The molecule has 4 nitrogen and oxygen atoms in total. The molecular formula is C10H10FN3OS. The summed E-state index contributed by atoms with van der Waals surface area (Å²) in [5, 5.41) is 3.66. The summed E-state index contributed by atoms with van der Waals surface area (Å²) in [6.45, 7) is 0.150. The maximum Gasteiger partial charge on any atom is 0.240 e. The molecule has 1 aromatic heterocycles. The van der Waals surface area contributed by atoms with Gasteiger partial charge in [-0.05, 0) is 24.5 Å². The third-order valence-corrected chi connectivity index (χ3v) is 2.79. The normalized spacial score (nSPS) is 10.7. The van der Waals surface area contributed by atoms with Crippen LogP contribution in [0, 0.1) is 5.82 Å². The van der Waals surface area contributed by atoms with Gasteiger partial charge in [0.25, 0.3) is 0 Å². The van der Waals surface area contributed by atoms with Crippen LogP contribution in [0.15, 0.2) is 27.6 Å². The minimum Gasteiger partial charge on any atom is -0.338 e. The van der Waals surface area contributed by atoms with Crippen molar-refractivity contribution in [2.24, 2.45) is 5.73 Å². The van der Waals surface area contributed by atoms with E-state index in [1.165, 1.54) is 17.8 Å². The second-order valence-corrected chi connectivity index (χ2v) is 3.94. The second kappa shape index (κ2) is 4.63. The number of benzene rings is 1. The van der Waals surface area contributed by atoms with Gasteiger partial charge in [-0.15, -0.1) is 11.8 Å². The van der Waals surface area contributed by atoms with Crippen LogP contribution in [0.5, 0.6) is 0 Å². The summed E-state index contributed by atoms with van der Waals surface area (Å²) in [4.78, 5) is 4.82. The summed E-state index contributed by atoms with van der Waals surface area (Å²) in [6, 6.07) is 4.88. The van der Waals surface area contributed by atoms with E-state index < -0.39 is 0 Å². The fourth-order valence-corrected chi connectivity index (χ4v) is 1.68. The zero-order chi connectivity index (χ0) is 11.5. The van der Waals surface area contributed by atoms with Gasteiger partial charge >= 0.3 is 0 Å². The first-order chi connectivity index (χ1) is 7.74. The molecule has 0 aliphatic rings. The van der Waals surface area contributed by atoms with Crippen molar-refractivity contribution in [1.82, 2.24) is 10.1 Å². The van der Waals surface area contributed by atoms with Crippen LogP contribution >= 0.6 is 11.8 Å². The Labute approximate surface area is 96.0 Å². The Kier molecular flexibility index (Phi) is 3.21. The summed E-state index contributed by atoms with van der Waals surface area (Å²) in [5.41, 5.74) is 5.65. The Morgan fingerprint density at radius 1 is 1.50 bits per heavy atom. The lowest BCUT2D eigenvalue weighted by atomic mass is 10.2. The summed E-state index contributed by atoms with van der Waals surface area (Å²) in [6.07, 6.45) is 1.88. The Morgan fingerprint density at radius 2 is 2.31 bits per heavy atom. The van der Waals surface area contributed by atoms with Gasteiger partial charge in [-0.1, -0.05) is 5.16 Å². The van der Waals surface area contributed by atoms with Gasteiger partial charge in [0, 0.05) is 4.90 Å². The molecule has 0 saturated carbocycles. The standard InChI is InChI=1S/C10H10FN3OS/c1-16-6-2-3-7(8(11)4-6)10-13-9(5-12)15-14-10/h2-4H,5,12H2,1H3. The van der Waals surface area contributed by atoms with Crippen LogP contribution < -0.4 is 5.73 Å². The topological polar surface area (TPSA) is 64.9 Å². The van der Waals surface area contributed by atoms with E-state index in [1.807, 2.05) is 12.3 Å². The molecular weight excluding hydrogens is 229 g/mol. The van der Waals surface area contributed by atoms with Crippen molar-refractivity contribution in [3.05, 3.63) is 29.9 Å². The minimum absolute atomic E-state index is 0.150. The SMILES string of the molecule is CSc1ccc(-c2noc(CN)n2)c(F)c1. The Bertz CT molecular complexity index is 501. The largest absolute Gasteiger partial charge is 0.338 e. The van der Waals surface area contributed by atoms with Crippen LogP contribution in [0.3, 0.4) is 0 Å². The van der Waals surface area contributed by atoms with Crippen molar-refractivity contribution in [2.45, 2.75) is 11.4 Å². The van der Waals surface area contributed by atoms with Crippen molar-refractivity contribution in [2.75, 3.05) is 6.26 Å². The number of thioether (sulfide) groups is 1. The van der Waals surface area contributed by atoms with Gasteiger partial charge < -0.3 is 10.3 Å². The van der Waals surface area contributed by atoms with Crippen LogP contribution in [-0.2, 0) is 6.54 Å². The molecule has 0 fully saturated rings. The van der Waals surface area contributed by atoms with E-state index in [4.69, 9.17) is 10.3 Å². The number of nitrogens with two attached hydrogens (primary N) is 1. The Balaban J connectivity index is 2.40. The maximum absolute atomic E-state index is 13.7. The van der Waals surface area contributed by atoms with Gasteiger partial charge in [-0.2, -0.15) is 4.98 Å². The number of hydrogen-bond donors (Lipinski definition) is 1. The van der Waals surface area contributed by atoms with Crippen molar-refractivity contribution < 1.29 is 8.91 Å². The number of halogens is 1. The Hall–Kier alpha value is -1.40. The molecule has 1 aromatic carbocycles. The van der Waals surface area contributed by atoms with E-state index in [2.05, 4.69) is 10.1 Å². The van der Waals surface area contributed by atoms with E-state index in [0.29, 0.717) is 11.5 Å². The molecule has 1 heterocycles. The van der Waals surface area contributed by atoms with Crippen molar-refractivity contribution >= 4 is 11.8 Å². The van der Waals surface area contributed by atoms with E-state index >= 15 is 0 Å². The number of nitrogens with zero attached hydrogens (tertiary/aromatic N) is 2. The van der Waals surface area contributed by atoms with E-state index in [0.717, 1.165) is 4.90 Å². The zero-order valence-electron chi connectivity index (χ0n) is 8.61. The van der Waals surface area contributed by atoms with Crippen molar-refractivity contribution in [3.8, 4) is 11.4 Å². The quantitative estimate of drug-likeness (QED) is 0.830. The number of rotatable bonds is 3. The molecule has 0 aliphatic heterocycles. The molecule has 0 spiro atoms. The van der Waals surface area contributed by atoms with Gasteiger partial charge in [0.05, 0.1) is 12.1 Å². The summed E-state index contributed by atoms with van der Waals surface area (Å²) >= 11 is 1.47. The number of hydrogen-bond acceptors (Lipinski definition) is 5. The first-order valence-electron chi connectivity index (χ1n) is 4.61. The van der Waals surface area contributed by atoms with Crippen molar-refractivity contribution in [1.29, 1.82) is 0 Å². The third kappa shape index (κ3) is 2.07. The molecule has 2 rings (SSSR count). The molecule has 2 N–H and O–H groups in total. The second-order valence-electron chi connectivity index (χ2n) is 3.06. The summed E-state index contributed by atoms with van der Waals surface area (Å²) in [7, 11) is 0. The first-order valence-corrected chi connectivity index (χ1v) is 5.83. The highest BCUT2D eigenvalue weighted by molar-refractivity contribution is 7.98. The third-order valence-electron chi connectivity index (χ3n) is 2.06. The minimum atomic E-state index is -0.365. The van der Waals surface area contributed by atoms with E-state index in [1.54, 1.807) is 6.07 Å². The molecule has 6 heteroatoms. The first kappa shape index (κ1) is 11.1. The molecule has 0 atom stereocenters. The van der Waals surface area contributed by atoms with Crippen LogP contribution in [-0.4, -0.2) is 16.4 Å². The molecule has 16 heavy (non-hydrogen) atoms. The van der Waals surface area contributed by atoms with Crippen molar-refractivity contribution in [3.63, 3.8) is 0 Å². The summed E-state index contributed by atoms with van der Waals surface area (Å²) in [5.74, 6) is 0.158. The average Bonchev–Trinajstić information content (AvgIpc) is 2.77. The fraction of sp³-hybridized carbons (Fsp3) is 0.200. The molecule has 0 aliphatic carbocycles. The average molecular weight is 239 g/mol. The molecule has 84 valence electrons. The van der Waals surface area contributed by atoms with E-state index in [9.17, 15) is 4.39 Å². The zero-order valence-corrected chi connectivity index (χ0v) is 9.42. The molecule has 0 bridgehead atoms. The highest BCUT2D eigenvalue weighted by Gasteiger charge is 2.12. The highest BCUT2D eigenvalue weighted by Crippen LogP contribution is 2.24. The fourth-order valence-electron chi connectivity index (χ4n) is 1.25. The molecule has 0 amide bonds. The molecule has 0 radical (unpaired) electrons. The predicted molar refractivity (Wildman–Crippen MR) is 59.4 cm³/mol. The molecule has 0 unspecified atom stereocenters. The lowest BCUT2D eigenvalue weighted by Crippen LogP contribution is -1.96. The van der Waals surface area contributed by atoms with Crippen LogP contribution in [0.4, 0.5) is 4.39 Å². The van der Waals surface area contributed by atoms with E-state index in [-0.39, 0.29) is 18.2 Å². The Morgan fingerprint density at radius 3 is 2.88 bits per heavy atom. The monoisotopic (exact) mass is 239 g/mol. The van der Waals surface area contributed by atoms with Crippen LogP contribution in [0.25, 0.3) is 11.4 Å². The molecule has 2 aromatic rings. The lowest BCUT2D eigenvalue weighted by molar-refractivity contribution is 0.380. The molecule has 0 saturated heterocycles. The summed E-state index contributed by atoms with van der Waals surface area (Å²) < 4.78 is 18.5. The van der Waals surface area contributed by atoms with Gasteiger partial charge in [-0.25, -0.2) is 4.39 Å². The van der Waals surface area contributed by atoms with Crippen LogP contribution in [0.1, 0.15) is 5.89 Å². The van der Waals surface area contributed by atoms with Gasteiger partial charge in [0.2, 0.25) is 11.7 Å². The van der Waals surface area contributed by atoms with Crippen LogP contribution in [0.2, 0.25) is 0 Å².